The van der Waals surface area contributed by atoms with Crippen LogP contribution in [0.15, 0.2) is 18.6 Å². The molecule has 8 nitrogen and oxygen atoms in total. The lowest BCUT2D eigenvalue weighted by atomic mass is 9.73. The van der Waals surface area contributed by atoms with Gasteiger partial charge in [-0.25, -0.2) is 14.7 Å². The Morgan fingerprint density at radius 1 is 1.19 bits per heavy atom. The van der Waals surface area contributed by atoms with Crippen molar-refractivity contribution >= 4 is 17.8 Å². The van der Waals surface area contributed by atoms with Crippen LogP contribution >= 0.6 is 0 Å². The molecule has 2 atom stereocenters. The average Bonchev–Trinajstić information content (AvgIpc) is 2.90. The predicted molar refractivity (Wildman–Crippen MR) is 96.4 cm³/mol. The summed E-state index contributed by atoms with van der Waals surface area (Å²) in [5, 5.41) is 3.03. The number of hydrogen-bond acceptors (Lipinski definition) is 6. The largest absolute Gasteiger partial charge is 0.353 e. The number of amides is 3. The van der Waals surface area contributed by atoms with Crippen molar-refractivity contribution in [3.63, 3.8) is 0 Å². The number of carbonyl (C=O) groups is 2. The predicted octanol–water partition coefficient (Wildman–Crippen LogP) is 1.06. The van der Waals surface area contributed by atoms with E-state index in [4.69, 9.17) is 0 Å². The monoisotopic (exact) mass is 358 g/mol. The highest BCUT2D eigenvalue weighted by Gasteiger charge is 2.55. The van der Waals surface area contributed by atoms with E-state index in [1.807, 2.05) is 0 Å². The van der Waals surface area contributed by atoms with Crippen LogP contribution in [-0.4, -0.2) is 70.1 Å². The number of anilines is 1. The second kappa shape index (κ2) is 6.83. The van der Waals surface area contributed by atoms with Crippen molar-refractivity contribution in [1.29, 1.82) is 0 Å². The van der Waals surface area contributed by atoms with Gasteiger partial charge in [-0.15, -0.1) is 0 Å². The van der Waals surface area contributed by atoms with Gasteiger partial charge >= 0.3 is 6.03 Å². The van der Waals surface area contributed by atoms with Gasteiger partial charge in [-0.1, -0.05) is 19.8 Å². The molecule has 2 unspecified atom stereocenters. The Bertz CT molecular complexity index is 676. The molecule has 4 rings (SSSR count). The summed E-state index contributed by atoms with van der Waals surface area (Å²) in [4.78, 5) is 39.8. The first-order valence-corrected chi connectivity index (χ1v) is 9.47. The molecule has 26 heavy (non-hydrogen) atoms. The van der Waals surface area contributed by atoms with Crippen molar-refractivity contribution in [2.75, 3.05) is 37.7 Å². The van der Waals surface area contributed by atoms with E-state index in [-0.39, 0.29) is 17.9 Å². The van der Waals surface area contributed by atoms with E-state index < -0.39 is 5.54 Å². The molecule has 3 fully saturated rings. The van der Waals surface area contributed by atoms with Gasteiger partial charge in [0.1, 0.15) is 11.4 Å². The van der Waals surface area contributed by atoms with Gasteiger partial charge in [-0.05, 0) is 18.8 Å². The van der Waals surface area contributed by atoms with E-state index in [0.29, 0.717) is 6.67 Å². The molecular formula is C18H26N6O2. The van der Waals surface area contributed by atoms with Crippen LogP contribution in [-0.2, 0) is 4.79 Å². The lowest BCUT2D eigenvalue weighted by Gasteiger charge is -2.38. The van der Waals surface area contributed by atoms with Crippen molar-refractivity contribution in [2.45, 2.75) is 38.1 Å². The minimum absolute atomic E-state index is 0.0361. The summed E-state index contributed by atoms with van der Waals surface area (Å²) in [6.07, 6.45) is 9.02. The van der Waals surface area contributed by atoms with Gasteiger partial charge in [0.15, 0.2) is 0 Å². The third kappa shape index (κ3) is 2.92. The summed E-state index contributed by atoms with van der Waals surface area (Å²) in [5.41, 5.74) is -0.670. The first-order chi connectivity index (χ1) is 12.6. The molecule has 1 aliphatic carbocycles. The summed E-state index contributed by atoms with van der Waals surface area (Å²) in [6, 6.07) is -0.236. The first-order valence-electron chi connectivity index (χ1n) is 9.47. The van der Waals surface area contributed by atoms with Crippen LogP contribution in [0.5, 0.6) is 0 Å². The van der Waals surface area contributed by atoms with Gasteiger partial charge in [-0.2, -0.15) is 0 Å². The van der Waals surface area contributed by atoms with E-state index >= 15 is 0 Å². The highest BCUT2D eigenvalue weighted by atomic mass is 16.2. The molecule has 1 saturated carbocycles. The van der Waals surface area contributed by atoms with Crippen LogP contribution in [0.3, 0.4) is 0 Å². The zero-order valence-corrected chi connectivity index (χ0v) is 15.2. The van der Waals surface area contributed by atoms with Gasteiger partial charge in [0, 0.05) is 38.6 Å². The van der Waals surface area contributed by atoms with E-state index in [9.17, 15) is 9.59 Å². The number of hydrogen-bond donors (Lipinski definition) is 1. The van der Waals surface area contributed by atoms with E-state index in [2.05, 4.69) is 32.0 Å². The fourth-order valence-corrected chi connectivity index (χ4v) is 4.40. The van der Waals surface area contributed by atoms with Crippen molar-refractivity contribution < 1.29 is 9.59 Å². The molecule has 0 radical (unpaired) electrons. The number of aromatic nitrogens is 2. The lowest BCUT2D eigenvalue weighted by Crippen LogP contribution is -2.55. The summed E-state index contributed by atoms with van der Waals surface area (Å²) in [5.74, 6) is 1.04. The van der Waals surface area contributed by atoms with Crippen molar-refractivity contribution in [2.24, 2.45) is 5.92 Å². The topological polar surface area (TPSA) is 81.7 Å². The van der Waals surface area contributed by atoms with Crippen LogP contribution in [0, 0.1) is 5.92 Å². The third-order valence-corrected chi connectivity index (χ3v) is 6.09. The van der Waals surface area contributed by atoms with Crippen LogP contribution in [0.4, 0.5) is 10.6 Å². The molecular weight excluding hydrogens is 332 g/mol. The molecule has 0 aromatic carbocycles. The molecule has 1 N–H and O–H groups in total. The Morgan fingerprint density at radius 3 is 2.69 bits per heavy atom. The van der Waals surface area contributed by atoms with Crippen LogP contribution in [0.1, 0.15) is 32.6 Å². The van der Waals surface area contributed by atoms with Gasteiger partial charge in [0.05, 0.1) is 12.9 Å². The van der Waals surface area contributed by atoms with Gasteiger partial charge < -0.3 is 10.2 Å². The molecule has 2 saturated heterocycles. The number of rotatable bonds is 3. The molecule has 1 aromatic rings. The van der Waals surface area contributed by atoms with Gasteiger partial charge in [0.2, 0.25) is 0 Å². The highest BCUT2D eigenvalue weighted by molar-refractivity contribution is 6.07. The quantitative estimate of drug-likeness (QED) is 0.814. The Labute approximate surface area is 153 Å². The molecule has 3 amide bonds. The second-order valence-corrected chi connectivity index (χ2v) is 7.59. The second-order valence-electron chi connectivity index (χ2n) is 7.59. The summed E-state index contributed by atoms with van der Waals surface area (Å²) in [7, 11) is 0. The lowest BCUT2D eigenvalue weighted by molar-refractivity contribution is -0.135. The van der Waals surface area contributed by atoms with E-state index in [0.717, 1.165) is 57.7 Å². The highest BCUT2D eigenvalue weighted by Crippen LogP contribution is 2.38. The van der Waals surface area contributed by atoms with Gasteiger partial charge in [-0.3, -0.25) is 14.7 Å². The molecule has 1 spiro atoms. The molecule has 140 valence electrons. The molecule has 3 aliphatic rings. The summed E-state index contributed by atoms with van der Waals surface area (Å²) < 4.78 is 0. The summed E-state index contributed by atoms with van der Waals surface area (Å²) in [6.45, 7) is 5.65. The Hall–Kier alpha value is -2.22. The number of nitrogens with zero attached hydrogens (tertiary/aromatic N) is 5. The van der Waals surface area contributed by atoms with Crippen molar-refractivity contribution in [3.8, 4) is 0 Å². The first kappa shape index (κ1) is 17.2. The molecule has 2 aliphatic heterocycles. The minimum atomic E-state index is -0.670. The average molecular weight is 358 g/mol. The maximum absolute atomic E-state index is 13.0. The maximum Gasteiger partial charge on any atom is 0.326 e. The Balaban J connectivity index is 1.38. The van der Waals surface area contributed by atoms with Crippen LogP contribution < -0.4 is 10.2 Å². The maximum atomic E-state index is 13.0. The normalized spacial score (nSPS) is 30.1. The zero-order chi connectivity index (χ0) is 18.1. The van der Waals surface area contributed by atoms with Crippen molar-refractivity contribution in [3.05, 3.63) is 18.6 Å². The number of urea groups is 1. The number of imide groups is 1. The van der Waals surface area contributed by atoms with Gasteiger partial charge in [0.25, 0.3) is 5.91 Å². The Kier molecular flexibility index (Phi) is 4.52. The number of carbonyl (C=O) groups excluding carboxylic acids is 2. The van der Waals surface area contributed by atoms with E-state index in [1.54, 1.807) is 18.6 Å². The minimum Gasteiger partial charge on any atom is -0.353 e. The molecule has 1 aromatic heterocycles. The standard InChI is InChI=1S/C18H26N6O2/c1-14-4-2-3-5-18(14)16(25)24(17(26)21-18)13-22-8-10-23(11-9-22)15-12-19-6-7-20-15/h6-7,12,14H,2-5,8-11,13H2,1H3,(H,21,26). The molecule has 8 heteroatoms. The van der Waals surface area contributed by atoms with Crippen LogP contribution in [0.2, 0.25) is 0 Å². The fourth-order valence-electron chi connectivity index (χ4n) is 4.40. The SMILES string of the molecule is CC1CCCCC12NC(=O)N(CN1CCN(c3cnccn3)CC1)C2=O. The smallest absolute Gasteiger partial charge is 0.326 e. The fraction of sp³-hybridized carbons (Fsp3) is 0.667. The summed E-state index contributed by atoms with van der Waals surface area (Å²) >= 11 is 0. The third-order valence-electron chi connectivity index (χ3n) is 6.09. The zero-order valence-electron chi connectivity index (χ0n) is 15.2. The van der Waals surface area contributed by atoms with E-state index in [1.165, 1.54) is 4.90 Å². The Morgan fingerprint density at radius 2 is 2.00 bits per heavy atom. The molecule has 0 bridgehead atoms. The van der Waals surface area contributed by atoms with Crippen molar-refractivity contribution in [1.82, 2.24) is 25.1 Å². The van der Waals surface area contributed by atoms with Crippen LogP contribution in [0.25, 0.3) is 0 Å². The molecule has 3 heterocycles. The number of piperazine rings is 1. The number of nitrogens with one attached hydrogen (secondary N) is 1.